The van der Waals surface area contributed by atoms with Crippen molar-refractivity contribution in [3.63, 3.8) is 0 Å². The first-order valence-electron chi connectivity index (χ1n) is 7.74. The summed E-state index contributed by atoms with van der Waals surface area (Å²) in [6.45, 7) is 8.01. The van der Waals surface area contributed by atoms with E-state index in [0.29, 0.717) is 5.41 Å². The van der Waals surface area contributed by atoms with Crippen LogP contribution in [0.5, 0.6) is 0 Å². The maximum absolute atomic E-state index is 10.3. The van der Waals surface area contributed by atoms with E-state index in [4.69, 9.17) is 0 Å². The van der Waals surface area contributed by atoms with Gasteiger partial charge in [0.1, 0.15) is 0 Å². The fourth-order valence-corrected chi connectivity index (χ4v) is 3.47. The first-order valence-corrected chi connectivity index (χ1v) is 8.54. The molecule has 1 unspecified atom stereocenters. The molecule has 0 saturated carbocycles. The fourth-order valence-electron chi connectivity index (χ4n) is 3.20. The summed E-state index contributed by atoms with van der Waals surface area (Å²) in [6.07, 6.45) is 4.34. The highest BCUT2D eigenvalue weighted by Gasteiger charge is 2.34. The largest absolute Gasteiger partial charge is 0.388 e. The zero-order valence-electron chi connectivity index (χ0n) is 12.6. The molecule has 0 amide bonds. The second-order valence-electron chi connectivity index (χ2n) is 6.09. The maximum Gasteiger partial charge on any atom is 0.0802 e. The van der Waals surface area contributed by atoms with Crippen LogP contribution in [0.15, 0.2) is 28.7 Å². The number of halogens is 1. The standard InChI is InChI=1S/C17H26BrNO/c1-3-17(4-2)10-12-19(13-17)11-9-16(20)14-5-7-15(18)8-6-14/h5-8,16,20H,3-4,9-13H2,1-2H3. The van der Waals surface area contributed by atoms with Crippen LogP contribution in [0.3, 0.4) is 0 Å². The Labute approximate surface area is 131 Å². The topological polar surface area (TPSA) is 23.5 Å². The van der Waals surface area contributed by atoms with E-state index < -0.39 is 0 Å². The Morgan fingerprint density at radius 3 is 2.45 bits per heavy atom. The molecule has 20 heavy (non-hydrogen) atoms. The van der Waals surface area contributed by atoms with Crippen molar-refractivity contribution in [3.05, 3.63) is 34.3 Å². The van der Waals surface area contributed by atoms with Crippen LogP contribution in [0, 0.1) is 5.41 Å². The van der Waals surface area contributed by atoms with Crippen molar-refractivity contribution in [2.24, 2.45) is 5.41 Å². The SMILES string of the molecule is CCC1(CC)CCN(CCC(O)c2ccc(Br)cc2)C1. The van der Waals surface area contributed by atoms with E-state index in [-0.39, 0.29) is 6.10 Å². The zero-order chi connectivity index (χ0) is 14.6. The summed E-state index contributed by atoms with van der Waals surface area (Å²) in [5.74, 6) is 0. The molecule has 0 bridgehead atoms. The van der Waals surface area contributed by atoms with E-state index in [9.17, 15) is 5.11 Å². The summed E-state index contributed by atoms with van der Waals surface area (Å²) in [6, 6.07) is 7.99. The van der Waals surface area contributed by atoms with Crippen molar-refractivity contribution in [1.29, 1.82) is 0 Å². The van der Waals surface area contributed by atoms with E-state index in [1.807, 2.05) is 24.3 Å². The Kier molecular flexibility index (Phi) is 5.65. The molecule has 3 heteroatoms. The van der Waals surface area contributed by atoms with Crippen molar-refractivity contribution in [3.8, 4) is 0 Å². The average molecular weight is 340 g/mol. The second kappa shape index (κ2) is 7.06. The fraction of sp³-hybridized carbons (Fsp3) is 0.647. The Morgan fingerprint density at radius 1 is 1.25 bits per heavy atom. The summed E-state index contributed by atoms with van der Waals surface area (Å²) in [5.41, 5.74) is 1.55. The number of benzene rings is 1. The smallest absolute Gasteiger partial charge is 0.0802 e. The molecule has 1 fully saturated rings. The first-order chi connectivity index (χ1) is 9.58. The normalized spacial score (nSPS) is 20.2. The molecule has 1 aliphatic heterocycles. The highest BCUT2D eigenvalue weighted by molar-refractivity contribution is 9.10. The lowest BCUT2D eigenvalue weighted by molar-refractivity contribution is 0.143. The number of aliphatic hydroxyl groups is 1. The molecule has 0 spiro atoms. The van der Waals surface area contributed by atoms with Gasteiger partial charge in [0, 0.05) is 17.6 Å². The van der Waals surface area contributed by atoms with E-state index in [0.717, 1.165) is 23.0 Å². The average Bonchev–Trinajstić information content (AvgIpc) is 2.90. The molecule has 1 aliphatic rings. The van der Waals surface area contributed by atoms with E-state index in [1.54, 1.807) is 0 Å². The molecule has 2 nitrogen and oxygen atoms in total. The number of rotatable bonds is 6. The van der Waals surface area contributed by atoms with Gasteiger partial charge in [-0.05, 0) is 55.3 Å². The van der Waals surface area contributed by atoms with Crippen LogP contribution in [0.4, 0.5) is 0 Å². The minimum absolute atomic E-state index is 0.346. The number of hydrogen-bond acceptors (Lipinski definition) is 2. The Hall–Kier alpha value is -0.380. The van der Waals surface area contributed by atoms with Gasteiger partial charge in [0.05, 0.1) is 6.10 Å². The van der Waals surface area contributed by atoms with Crippen LogP contribution in [-0.2, 0) is 0 Å². The van der Waals surface area contributed by atoms with E-state index in [1.165, 1.54) is 32.4 Å². The van der Waals surface area contributed by atoms with Gasteiger partial charge in [0.2, 0.25) is 0 Å². The predicted octanol–water partition coefficient (Wildman–Crippen LogP) is 4.38. The maximum atomic E-state index is 10.3. The van der Waals surface area contributed by atoms with Crippen LogP contribution < -0.4 is 0 Å². The molecular formula is C17H26BrNO. The lowest BCUT2D eigenvalue weighted by Crippen LogP contribution is -2.28. The molecule has 1 N–H and O–H groups in total. The molecule has 1 aromatic rings. The van der Waals surface area contributed by atoms with Gasteiger partial charge in [-0.25, -0.2) is 0 Å². The number of aliphatic hydroxyl groups excluding tert-OH is 1. The Morgan fingerprint density at radius 2 is 1.90 bits per heavy atom. The summed E-state index contributed by atoms with van der Waals surface area (Å²) >= 11 is 3.43. The molecule has 1 heterocycles. The van der Waals surface area contributed by atoms with Gasteiger partial charge in [-0.15, -0.1) is 0 Å². The van der Waals surface area contributed by atoms with Crippen molar-refractivity contribution >= 4 is 15.9 Å². The summed E-state index contributed by atoms with van der Waals surface area (Å²) in [5, 5.41) is 10.3. The van der Waals surface area contributed by atoms with Crippen LogP contribution in [0.1, 0.15) is 51.2 Å². The van der Waals surface area contributed by atoms with Gasteiger partial charge in [-0.3, -0.25) is 0 Å². The monoisotopic (exact) mass is 339 g/mol. The summed E-state index contributed by atoms with van der Waals surface area (Å²) < 4.78 is 1.06. The quantitative estimate of drug-likeness (QED) is 0.830. The third-order valence-electron chi connectivity index (χ3n) is 4.99. The molecule has 0 aromatic heterocycles. The van der Waals surface area contributed by atoms with Crippen molar-refractivity contribution in [2.45, 2.75) is 45.6 Å². The van der Waals surface area contributed by atoms with Crippen molar-refractivity contribution < 1.29 is 5.11 Å². The molecule has 0 aliphatic carbocycles. The minimum atomic E-state index is -0.346. The molecule has 1 atom stereocenters. The lowest BCUT2D eigenvalue weighted by Gasteiger charge is -2.26. The van der Waals surface area contributed by atoms with Gasteiger partial charge in [-0.1, -0.05) is 41.9 Å². The molecule has 0 radical (unpaired) electrons. The zero-order valence-corrected chi connectivity index (χ0v) is 14.2. The van der Waals surface area contributed by atoms with Crippen molar-refractivity contribution in [2.75, 3.05) is 19.6 Å². The van der Waals surface area contributed by atoms with Gasteiger partial charge in [-0.2, -0.15) is 0 Å². The van der Waals surface area contributed by atoms with Gasteiger partial charge < -0.3 is 10.0 Å². The number of hydrogen-bond donors (Lipinski definition) is 1. The van der Waals surface area contributed by atoms with Crippen LogP contribution in [0.2, 0.25) is 0 Å². The first kappa shape index (κ1) is 16.0. The second-order valence-corrected chi connectivity index (χ2v) is 7.00. The summed E-state index contributed by atoms with van der Waals surface area (Å²) in [7, 11) is 0. The van der Waals surface area contributed by atoms with Crippen LogP contribution in [0.25, 0.3) is 0 Å². The Balaban J connectivity index is 1.82. The van der Waals surface area contributed by atoms with Gasteiger partial charge in [0.15, 0.2) is 0 Å². The third-order valence-corrected chi connectivity index (χ3v) is 5.52. The number of nitrogens with zero attached hydrogens (tertiary/aromatic N) is 1. The molecule has 1 aromatic carbocycles. The number of likely N-dealkylation sites (tertiary alicyclic amines) is 1. The molecule has 1 saturated heterocycles. The van der Waals surface area contributed by atoms with Crippen LogP contribution >= 0.6 is 15.9 Å². The predicted molar refractivity (Wildman–Crippen MR) is 87.8 cm³/mol. The highest BCUT2D eigenvalue weighted by atomic mass is 79.9. The molecule has 112 valence electrons. The van der Waals surface area contributed by atoms with Gasteiger partial charge >= 0.3 is 0 Å². The molecule has 2 rings (SSSR count). The van der Waals surface area contributed by atoms with Crippen LogP contribution in [-0.4, -0.2) is 29.6 Å². The lowest BCUT2D eigenvalue weighted by atomic mass is 9.82. The summed E-state index contributed by atoms with van der Waals surface area (Å²) in [4.78, 5) is 2.52. The third kappa shape index (κ3) is 3.84. The van der Waals surface area contributed by atoms with Crippen molar-refractivity contribution in [1.82, 2.24) is 4.90 Å². The highest BCUT2D eigenvalue weighted by Crippen LogP contribution is 2.37. The van der Waals surface area contributed by atoms with Gasteiger partial charge in [0.25, 0.3) is 0 Å². The van der Waals surface area contributed by atoms with E-state index in [2.05, 4.69) is 34.7 Å². The van der Waals surface area contributed by atoms with E-state index >= 15 is 0 Å². The Bertz CT molecular complexity index is 414. The molecular weight excluding hydrogens is 314 g/mol. The minimum Gasteiger partial charge on any atom is -0.388 e.